The molecule has 0 spiro atoms. The van der Waals surface area contributed by atoms with Crippen LogP contribution in [0.2, 0.25) is 0 Å². The first-order valence-corrected chi connectivity index (χ1v) is 7.16. The number of hydrogen-bond donors (Lipinski definition) is 1. The van der Waals surface area contributed by atoms with Crippen molar-refractivity contribution in [1.82, 2.24) is 0 Å². The Morgan fingerprint density at radius 2 is 2.25 bits per heavy atom. The Morgan fingerprint density at radius 1 is 1.45 bits per heavy atom. The molecule has 0 amide bonds. The van der Waals surface area contributed by atoms with Crippen LogP contribution in [0.1, 0.15) is 12.5 Å². The van der Waals surface area contributed by atoms with E-state index in [1.165, 1.54) is 17.8 Å². The summed E-state index contributed by atoms with van der Waals surface area (Å²) in [6, 6.07) is 6.90. The molecule has 0 bridgehead atoms. The number of ether oxygens (including phenoxy) is 1. The number of methoxy groups -OCH3 is 1. The lowest BCUT2D eigenvalue weighted by Crippen LogP contribution is -2.08. The van der Waals surface area contributed by atoms with Gasteiger partial charge in [0, 0.05) is 29.8 Å². The number of benzene rings is 1. The van der Waals surface area contributed by atoms with E-state index in [1.807, 2.05) is 19.1 Å². The van der Waals surface area contributed by atoms with Gasteiger partial charge in [0.1, 0.15) is 11.3 Å². The van der Waals surface area contributed by atoms with Crippen molar-refractivity contribution in [2.75, 3.05) is 13.7 Å². The first kappa shape index (κ1) is 14.5. The highest BCUT2D eigenvalue weighted by atomic mass is 32.2. The average Bonchev–Trinajstić information content (AvgIpc) is 2.44. The van der Waals surface area contributed by atoms with Gasteiger partial charge in [0.25, 0.3) is 0 Å². The second kappa shape index (κ2) is 6.47. The summed E-state index contributed by atoms with van der Waals surface area (Å²) >= 11 is 1.40. The quantitative estimate of drug-likeness (QED) is 0.532. The van der Waals surface area contributed by atoms with Crippen molar-refractivity contribution in [2.24, 2.45) is 10.7 Å². The second-order valence-corrected chi connectivity index (χ2v) is 5.05. The van der Waals surface area contributed by atoms with Crippen LogP contribution in [0.5, 0.6) is 5.75 Å². The highest BCUT2D eigenvalue weighted by molar-refractivity contribution is 8.13. The van der Waals surface area contributed by atoms with Crippen molar-refractivity contribution >= 4 is 27.9 Å². The van der Waals surface area contributed by atoms with Gasteiger partial charge in [0.15, 0.2) is 5.17 Å². The molecule has 0 fully saturated rings. The molecular weight excluding hydrogens is 276 g/mol. The van der Waals surface area contributed by atoms with Crippen molar-refractivity contribution in [3.63, 3.8) is 0 Å². The lowest BCUT2D eigenvalue weighted by Gasteiger charge is -2.06. The Labute approximate surface area is 120 Å². The Kier molecular flexibility index (Phi) is 4.68. The van der Waals surface area contributed by atoms with Crippen LogP contribution in [-0.2, 0) is 5.75 Å². The zero-order valence-electron chi connectivity index (χ0n) is 11.4. The molecule has 0 saturated heterocycles. The van der Waals surface area contributed by atoms with Crippen LogP contribution < -0.4 is 16.1 Å². The standard InChI is InChI=1S/C14H16N2O3S/c1-3-16-14(15)20-8-9-6-13(17)19-12-7-10(18-2)4-5-11(9)12/h4-7H,3,8H2,1-2H3,(H2,15,16). The lowest BCUT2D eigenvalue weighted by atomic mass is 10.1. The summed E-state index contributed by atoms with van der Waals surface area (Å²) in [6.07, 6.45) is 0. The van der Waals surface area contributed by atoms with Crippen molar-refractivity contribution in [1.29, 1.82) is 0 Å². The Hall–Kier alpha value is -1.95. The third kappa shape index (κ3) is 3.33. The fourth-order valence-corrected chi connectivity index (χ4v) is 2.57. The summed E-state index contributed by atoms with van der Waals surface area (Å²) in [4.78, 5) is 15.7. The molecule has 2 N–H and O–H groups in total. The fourth-order valence-electron chi connectivity index (χ4n) is 1.81. The molecule has 20 heavy (non-hydrogen) atoms. The van der Waals surface area contributed by atoms with Gasteiger partial charge in [0.2, 0.25) is 0 Å². The van der Waals surface area contributed by atoms with Crippen molar-refractivity contribution in [3.05, 3.63) is 40.2 Å². The Morgan fingerprint density at radius 3 is 2.95 bits per heavy atom. The van der Waals surface area contributed by atoms with Gasteiger partial charge in [-0.2, -0.15) is 0 Å². The number of rotatable bonds is 4. The monoisotopic (exact) mass is 292 g/mol. The summed E-state index contributed by atoms with van der Waals surface area (Å²) in [5, 5.41) is 1.39. The topological polar surface area (TPSA) is 77.8 Å². The summed E-state index contributed by atoms with van der Waals surface area (Å²) < 4.78 is 10.3. The van der Waals surface area contributed by atoms with E-state index < -0.39 is 0 Å². The maximum absolute atomic E-state index is 11.6. The van der Waals surface area contributed by atoms with Gasteiger partial charge in [-0.1, -0.05) is 11.8 Å². The number of aliphatic imine (C=N–C) groups is 1. The third-order valence-electron chi connectivity index (χ3n) is 2.73. The van der Waals surface area contributed by atoms with Crippen LogP contribution in [0, 0.1) is 0 Å². The van der Waals surface area contributed by atoms with Gasteiger partial charge in [-0.15, -0.1) is 0 Å². The number of nitrogens with two attached hydrogens (primary N) is 1. The average molecular weight is 292 g/mol. The molecule has 1 aromatic carbocycles. The number of thioether (sulfide) groups is 1. The van der Waals surface area contributed by atoms with E-state index in [-0.39, 0.29) is 5.63 Å². The van der Waals surface area contributed by atoms with Crippen LogP contribution >= 0.6 is 11.8 Å². The molecule has 0 aliphatic carbocycles. The molecule has 1 aromatic heterocycles. The molecule has 5 nitrogen and oxygen atoms in total. The van der Waals surface area contributed by atoms with E-state index in [2.05, 4.69) is 4.99 Å². The van der Waals surface area contributed by atoms with Crippen molar-refractivity contribution < 1.29 is 9.15 Å². The zero-order valence-corrected chi connectivity index (χ0v) is 12.2. The molecule has 0 atom stereocenters. The largest absolute Gasteiger partial charge is 0.497 e. The van der Waals surface area contributed by atoms with E-state index in [0.29, 0.717) is 28.8 Å². The number of hydrogen-bond acceptors (Lipinski definition) is 5. The highest BCUT2D eigenvalue weighted by Gasteiger charge is 2.08. The number of fused-ring (bicyclic) bond motifs is 1. The maximum Gasteiger partial charge on any atom is 0.336 e. The maximum atomic E-state index is 11.6. The number of amidine groups is 1. The SMILES string of the molecule is CCN=C(N)SCc1cc(=O)oc2cc(OC)ccc12. The Balaban J connectivity index is 2.37. The van der Waals surface area contributed by atoms with Gasteiger partial charge < -0.3 is 14.9 Å². The predicted octanol–water partition coefficient (Wildman–Crippen LogP) is 2.37. The second-order valence-electron chi connectivity index (χ2n) is 4.05. The van der Waals surface area contributed by atoms with Crippen LogP contribution in [0.3, 0.4) is 0 Å². The van der Waals surface area contributed by atoms with E-state index in [0.717, 1.165) is 10.9 Å². The van der Waals surface area contributed by atoms with Gasteiger partial charge in [-0.3, -0.25) is 4.99 Å². The molecule has 106 valence electrons. The van der Waals surface area contributed by atoms with E-state index in [4.69, 9.17) is 14.9 Å². The van der Waals surface area contributed by atoms with Crippen LogP contribution in [-0.4, -0.2) is 18.8 Å². The minimum Gasteiger partial charge on any atom is -0.497 e. The normalized spacial score (nSPS) is 11.8. The van der Waals surface area contributed by atoms with E-state index in [1.54, 1.807) is 13.2 Å². The van der Waals surface area contributed by atoms with E-state index in [9.17, 15) is 4.79 Å². The molecule has 6 heteroatoms. The first-order chi connectivity index (χ1) is 9.63. The molecule has 0 saturated carbocycles. The van der Waals surface area contributed by atoms with Crippen molar-refractivity contribution in [3.8, 4) is 5.75 Å². The number of nitrogens with zero attached hydrogens (tertiary/aromatic N) is 1. The highest BCUT2D eigenvalue weighted by Crippen LogP contribution is 2.25. The minimum atomic E-state index is -0.382. The molecule has 2 rings (SSSR count). The predicted molar refractivity (Wildman–Crippen MR) is 82.5 cm³/mol. The van der Waals surface area contributed by atoms with Crippen LogP contribution in [0.4, 0.5) is 0 Å². The van der Waals surface area contributed by atoms with Gasteiger partial charge in [0.05, 0.1) is 7.11 Å². The lowest BCUT2D eigenvalue weighted by molar-refractivity contribution is 0.414. The summed E-state index contributed by atoms with van der Waals surface area (Å²) in [6.45, 7) is 2.57. The summed E-state index contributed by atoms with van der Waals surface area (Å²) in [7, 11) is 1.57. The molecule has 1 heterocycles. The summed E-state index contributed by atoms with van der Waals surface area (Å²) in [5.74, 6) is 1.22. The third-order valence-corrected chi connectivity index (χ3v) is 3.61. The molecule has 2 aromatic rings. The molecule has 0 radical (unpaired) electrons. The first-order valence-electron chi connectivity index (χ1n) is 6.17. The van der Waals surface area contributed by atoms with E-state index >= 15 is 0 Å². The molecule has 0 aliphatic heterocycles. The van der Waals surface area contributed by atoms with Gasteiger partial charge >= 0.3 is 5.63 Å². The van der Waals surface area contributed by atoms with Gasteiger partial charge in [-0.25, -0.2) is 4.79 Å². The fraction of sp³-hybridized carbons (Fsp3) is 0.286. The smallest absolute Gasteiger partial charge is 0.336 e. The Bertz CT molecular complexity index is 694. The molecule has 0 unspecified atom stereocenters. The molecular formula is C14H16N2O3S. The van der Waals surface area contributed by atoms with Gasteiger partial charge in [-0.05, 0) is 24.6 Å². The molecule has 0 aliphatic rings. The zero-order chi connectivity index (χ0) is 14.5. The van der Waals surface area contributed by atoms with Crippen LogP contribution in [0.25, 0.3) is 11.0 Å². The van der Waals surface area contributed by atoms with Crippen molar-refractivity contribution in [2.45, 2.75) is 12.7 Å². The summed E-state index contributed by atoms with van der Waals surface area (Å²) in [5.41, 5.74) is 6.75. The van der Waals surface area contributed by atoms with Crippen LogP contribution in [0.15, 0.2) is 38.5 Å². The minimum absolute atomic E-state index is 0.382.